The van der Waals surface area contributed by atoms with E-state index >= 15 is 0 Å². The Bertz CT molecular complexity index is 158. The Morgan fingerprint density at radius 2 is 2.44 bits per heavy atom. The van der Waals surface area contributed by atoms with Crippen LogP contribution in [0.3, 0.4) is 0 Å². The summed E-state index contributed by atoms with van der Waals surface area (Å²) in [5.74, 6) is 0.255. The fourth-order valence-corrected chi connectivity index (χ4v) is 1.80. The van der Waals surface area contributed by atoms with Gasteiger partial charge in [0, 0.05) is 9.50 Å². The summed E-state index contributed by atoms with van der Waals surface area (Å²) in [6.45, 7) is 1.81. The fourth-order valence-electron chi connectivity index (χ4n) is 0.861. The topological polar surface area (TPSA) is 20.2 Å². The van der Waals surface area contributed by atoms with Crippen LogP contribution in [0, 0.1) is 5.92 Å². The molecular formula is C7H9IO. The monoisotopic (exact) mass is 236 g/mol. The molecule has 1 rings (SSSR count). The highest BCUT2D eigenvalue weighted by Crippen LogP contribution is 2.27. The first-order valence-electron chi connectivity index (χ1n) is 2.94. The van der Waals surface area contributed by atoms with Crippen molar-refractivity contribution in [2.75, 3.05) is 0 Å². The van der Waals surface area contributed by atoms with E-state index in [1.807, 2.05) is 25.2 Å². The van der Waals surface area contributed by atoms with E-state index in [9.17, 15) is 0 Å². The van der Waals surface area contributed by atoms with Gasteiger partial charge in [0.05, 0.1) is 6.10 Å². The minimum Gasteiger partial charge on any atom is -0.392 e. The molecule has 1 N–H and O–H groups in total. The third kappa shape index (κ3) is 1.55. The minimum atomic E-state index is -0.244. The van der Waals surface area contributed by atoms with Gasteiger partial charge in [0.1, 0.15) is 0 Å². The Kier molecular flexibility index (Phi) is 2.29. The van der Waals surface area contributed by atoms with Crippen molar-refractivity contribution in [3.8, 4) is 0 Å². The van der Waals surface area contributed by atoms with Crippen molar-refractivity contribution in [1.29, 1.82) is 0 Å². The molecule has 0 radical (unpaired) electrons. The maximum Gasteiger partial charge on any atom is 0.0619 e. The molecule has 0 amide bonds. The third-order valence-corrected chi connectivity index (χ3v) is 2.49. The number of aliphatic hydroxyl groups excluding tert-OH is 1. The van der Waals surface area contributed by atoms with Gasteiger partial charge >= 0.3 is 0 Å². The van der Waals surface area contributed by atoms with Crippen LogP contribution in [0.5, 0.6) is 0 Å². The molecule has 1 aliphatic rings. The van der Waals surface area contributed by atoms with Crippen LogP contribution >= 0.6 is 22.6 Å². The van der Waals surface area contributed by atoms with E-state index in [2.05, 4.69) is 22.6 Å². The molecular weight excluding hydrogens is 227 g/mol. The molecule has 1 nitrogen and oxygen atoms in total. The Morgan fingerprint density at radius 1 is 1.78 bits per heavy atom. The molecule has 0 bridgehead atoms. The van der Waals surface area contributed by atoms with E-state index in [0.29, 0.717) is 0 Å². The zero-order chi connectivity index (χ0) is 6.85. The van der Waals surface area contributed by atoms with Crippen LogP contribution in [0.1, 0.15) is 6.92 Å². The first-order chi connectivity index (χ1) is 4.22. The smallest absolute Gasteiger partial charge is 0.0619 e. The molecule has 9 heavy (non-hydrogen) atoms. The van der Waals surface area contributed by atoms with Crippen LogP contribution < -0.4 is 0 Å². The number of hydrogen-bond donors (Lipinski definition) is 1. The first-order valence-corrected chi connectivity index (χ1v) is 4.01. The zero-order valence-electron chi connectivity index (χ0n) is 5.21. The van der Waals surface area contributed by atoms with Gasteiger partial charge in [-0.2, -0.15) is 0 Å². The van der Waals surface area contributed by atoms with Gasteiger partial charge in [-0.05, 0) is 29.5 Å². The van der Waals surface area contributed by atoms with Crippen LogP contribution in [0.2, 0.25) is 0 Å². The Morgan fingerprint density at radius 3 is 2.67 bits per heavy atom. The fraction of sp³-hybridized carbons (Fsp3) is 0.429. The Labute approximate surface area is 68.6 Å². The van der Waals surface area contributed by atoms with Gasteiger partial charge in [-0.25, -0.2) is 0 Å². The second kappa shape index (κ2) is 2.84. The SMILES string of the molecule is CC(O)C1C=CC=C1I. The second-order valence-electron chi connectivity index (χ2n) is 2.20. The molecule has 0 aromatic rings. The summed E-state index contributed by atoms with van der Waals surface area (Å²) < 4.78 is 1.22. The van der Waals surface area contributed by atoms with Crippen LogP contribution in [0.15, 0.2) is 21.8 Å². The molecule has 2 heteroatoms. The van der Waals surface area contributed by atoms with Crippen molar-refractivity contribution in [3.63, 3.8) is 0 Å². The summed E-state index contributed by atoms with van der Waals surface area (Å²) in [6, 6.07) is 0. The highest BCUT2D eigenvalue weighted by Gasteiger charge is 2.16. The first kappa shape index (κ1) is 7.28. The number of halogens is 1. The van der Waals surface area contributed by atoms with Gasteiger partial charge in [0.2, 0.25) is 0 Å². The molecule has 1 aliphatic carbocycles. The highest BCUT2D eigenvalue weighted by atomic mass is 127. The standard InChI is InChI=1S/C7H9IO/c1-5(9)6-3-2-4-7(6)8/h2-6,9H,1H3. The van der Waals surface area contributed by atoms with Crippen LogP contribution in [0.4, 0.5) is 0 Å². The van der Waals surface area contributed by atoms with Crippen molar-refractivity contribution in [3.05, 3.63) is 21.8 Å². The van der Waals surface area contributed by atoms with Crippen molar-refractivity contribution in [2.45, 2.75) is 13.0 Å². The molecule has 2 unspecified atom stereocenters. The summed E-state index contributed by atoms with van der Waals surface area (Å²) in [6.07, 6.45) is 5.79. The molecule has 50 valence electrons. The van der Waals surface area contributed by atoms with Gasteiger partial charge < -0.3 is 5.11 Å². The molecule has 0 spiro atoms. The van der Waals surface area contributed by atoms with Crippen molar-refractivity contribution in [2.24, 2.45) is 5.92 Å². The summed E-state index contributed by atoms with van der Waals surface area (Å²) in [5.41, 5.74) is 0. The lowest BCUT2D eigenvalue weighted by atomic mass is 10.1. The van der Waals surface area contributed by atoms with Crippen molar-refractivity contribution in [1.82, 2.24) is 0 Å². The average molecular weight is 236 g/mol. The Hall–Kier alpha value is 0.170. The van der Waals surface area contributed by atoms with E-state index in [1.54, 1.807) is 0 Å². The van der Waals surface area contributed by atoms with Crippen LogP contribution in [-0.4, -0.2) is 11.2 Å². The second-order valence-corrected chi connectivity index (χ2v) is 3.45. The molecule has 0 aromatic carbocycles. The zero-order valence-corrected chi connectivity index (χ0v) is 7.37. The predicted octanol–water partition coefficient (Wildman–Crippen LogP) is 1.87. The summed E-state index contributed by atoms with van der Waals surface area (Å²) in [5, 5.41) is 9.13. The normalized spacial score (nSPS) is 28.3. The van der Waals surface area contributed by atoms with E-state index in [1.165, 1.54) is 3.58 Å². The van der Waals surface area contributed by atoms with E-state index in [4.69, 9.17) is 5.11 Å². The lowest BCUT2D eigenvalue weighted by Crippen LogP contribution is -2.12. The van der Waals surface area contributed by atoms with E-state index in [0.717, 1.165) is 0 Å². The maximum atomic E-state index is 9.13. The molecule has 2 atom stereocenters. The van der Waals surface area contributed by atoms with E-state index in [-0.39, 0.29) is 12.0 Å². The van der Waals surface area contributed by atoms with Gasteiger partial charge in [-0.3, -0.25) is 0 Å². The summed E-state index contributed by atoms with van der Waals surface area (Å²) >= 11 is 2.25. The minimum absolute atomic E-state index is 0.244. The molecule has 0 aromatic heterocycles. The lowest BCUT2D eigenvalue weighted by molar-refractivity contribution is 0.169. The quantitative estimate of drug-likeness (QED) is 0.689. The molecule has 0 aliphatic heterocycles. The predicted molar refractivity (Wildman–Crippen MR) is 46.4 cm³/mol. The highest BCUT2D eigenvalue weighted by molar-refractivity contribution is 14.1. The summed E-state index contributed by atoms with van der Waals surface area (Å²) in [7, 11) is 0. The van der Waals surface area contributed by atoms with Gasteiger partial charge in [-0.1, -0.05) is 18.2 Å². The van der Waals surface area contributed by atoms with Crippen molar-refractivity contribution < 1.29 is 5.11 Å². The van der Waals surface area contributed by atoms with Crippen LogP contribution in [-0.2, 0) is 0 Å². The largest absolute Gasteiger partial charge is 0.392 e. The number of allylic oxidation sites excluding steroid dienone is 2. The maximum absolute atomic E-state index is 9.13. The lowest BCUT2D eigenvalue weighted by Gasteiger charge is -2.10. The van der Waals surface area contributed by atoms with Gasteiger partial charge in [0.15, 0.2) is 0 Å². The number of rotatable bonds is 1. The van der Waals surface area contributed by atoms with E-state index < -0.39 is 0 Å². The number of aliphatic hydroxyl groups is 1. The average Bonchev–Trinajstić information content (AvgIpc) is 2.13. The molecule has 0 fully saturated rings. The summed E-state index contributed by atoms with van der Waals surface area (Å²) in [4.78, 5) is 0. The van der Waals surface area contributed by atoms with Gasteiger partial charge in [-0.15, -0.1) is 0 Å². The Balaban J connectivity index is 2.63. The van der Waals surface area contributed by atoms with Crippen LogP contribution in [0.25, 0.3) is 0 Å². The number of hydrogen-bond acceptors (Lipinski definition) is 1. The molecule has 0 heterocycles. The molecule has 0 saturated heterocycles. The van der Waals surface area contributed by atoms with Gasteiger partial charge in [0.25, 0.3) is 0 Å². The third-order valence-electron chi connectivity index (χ3n) is 1.41. The molecule has 0 saturated carbocycles. The van der Waals surface area contributed by atoms with Crippen molar-refractivity contribution >= 4 is 22.6 Å².